The van der Waals surface area contributed by atoms with Crippen molar-refractivity contribution in [3.8, 4) is 0 Å². The minimum atomic E-state index is -4.07. The second-order valence-electron chi connectivity index (χ2n) is 4.81. The molecule has 1 aromatic carbocycles. The van der Waals surface area contributed by atoms with Gasteiger partial charge in [0.1, 0.15) is 0 Å². The molecule has 0 bridgehead atoms. The summed E-state index contributed by atoms with van der Waals surface area (Å²) in [5.74, 6) is -1.38. The lowest BCUT2D eigenvalue weighted by Crippen LogP contribution is -2.43. The average Bonchev–Trinajstić information content (AvgIpc) is 2.71. The fourth-order valence-electron chi connectivity index (χ4n) is 2.28. The van der Waals surface area contributed by atoms with Crippen LogP contribution in [-0.2, 0) is 21.2 Å². The molecule has 1 atom stereocenters. The van der Waals surface area contributed by atoms with Crippen molar-refractivity contribution >= 4 is 21.4 Å². The summed E-state index contributed by atoms with van der Waals surface area (Å²) in [6.07, 6.45) is -0.325. The molecule has 1 unspecified atom stereocenters. The van der Waals surface area contributed by atoms with E-state index in [1.165, 1.54) is 11.8 Å². The normalized spacial score (nSPS) is 23.3. The van der Waals surface area contributed by atoms with Crippen LogP contribution in [-0.4, -0.2) is 36.5 Å². The molecule has 0 aliphatic carbocycles. The Morgan fingerprint density at radius 2 is 2.05 bits per heavy atom. The molecule has 0 radical (unpaired) electrons. The Kier molecular flexibility index (Phi) is 3.73. The Morgan fingerprint density at radius 3 is 2.65 bits per heavy atom. The third kappa shape index (κ3) is 2.26. The number of hydrogen-bond donors (Lipinski definition) is 1. The second-order valence-corrected chi connectivity index (χ2v) is 7.26. The summed E-state index contributed by atoms with van der Waals surface area (Å²) in [6.45, 7) is 1.53. The number of benzene rings is 1. The van der Waals surface area contributed by atoms with E-state index in [9.17, 15) is 17.6 Å². The van der Waals surface area contributed by atoms with Gasteiger partial charge < -0.3 is 10.6 Å². The number of para-hydroxylation sites is 1. The van der Waals surface area contributed by atoms with Gasteiger partial charge in [-0.3, -0.25) is 4.79 Å². The molecule has 1 fully saturated rings. The van der Waals surface area contributed by atoms with E-state index in [2.05, 4.69) is 0 Å². The Hall–Kier alpha value is -1.63. The highest BCUT2D eigenvalue weighted by molar-refractivity contribution is 7.93. The van der Waals surface area contributed by atoms with Crippen molar-refractivity contribution in [3.05, 3.63) is 29.8 Å². The number of nitrogens with two attached hydrogens (primary N) is 1. The molecular formula is C13H17FN2O3S. The zero-order valence-electron chi connectivity index (χ0n) is 11.2. The van der Waals surface area contributed by atoms with Gasteiger partial charge in [-0.1, -0.05) is 25.1 Å². The van der Waals surface area contributed by atoms with E-state index < -0.39 is 26.5 Å². The Bertz CT molecular complexity index is 632. The van der Waals surface area contributed by atoms with Gasteiger partial charge in [-0.25, -0.2) is 12.8 Å². The number of carbonyl (C=O) groups is 1. The van der Waals surface area contributed by atoms with Crippen molar-refractivity contribution in [1.82, 2.24) is 4.90 Å². The van der Waals surface area contributed by atoms with Crippen molar-refractivity contribution < 1.29 is 17.6 Å². The van der Waals surface area contributed by atoms with Crippen LogP contribution in [0.2, 0.25) is 0 Å². The summed E-state index contributed by atoms with van der Waals surface area (Å²) < 4.78 is 38.0. The molecule has 7 heteroatoms. The smallest absolute Gasteiger partial charge is 0.289 e. The Morgan fingerprint density at radius 1 is 1.40 bits per heavy atom. The van der Waals surface area contributed by atoms with E-state index in [4.69, 9.17) is 5.73 Å². The highest BCUT2D eigenvalue weighted by atomic mass is 32.2. The molecule has 1 amide bonds. The molecule has 1 aliphatic rings. The molecule has 20 heavy (non-hydrogen) atoms. The number of likely N-dealkylation sites (tertiary alicyclic amines) is 1. The number of nitrogens with zero attached hydrogens (tertiary/aromatic N) is 1. The van der Waals surface area contributed by atoms with Crippen LogP contribution in [0.25, 0.3) is 0 Å². The van der Waals surface area contributed by atoms with E-state index in [1.807, 2.05) is 0 Å². The van der Waals surface area contributed by atoms with Gasteiger partial charge in [0.25, 0.3) is 10.9 Å². The van der Waals surface area contributed by atoms with Crippen LogP contribution in [0.3, 0.4) is 0 Å². The van der Waals surface area contributed by atoms with Crippen molar-refractivity contribution in [3.63, 3.8) is 0 Å². The predicted molar refractivity (Wildman–Crippen MR) is 74.2 cm³/mol. The molecule has 1 aliphatic heterocycles. The highest BCUT2D eigenvalue weighted by Gasteiger charge is 2.56. The van der Waals surface area contributed by atoms with Crippen LogP contribution in [0.15, 0.2) is 24.3 Å². The lowest BCUT2D eigenvalue weighted by molar-refractivity contribution is -0.133. The maximum absolute atomic E-state index is 14.5. The fourth-order valence-corrected chi connectivity index (χ4v) is 3.53. The van der Waals surface area contributed by atoms with Crippen molar-refractivity contribution in [2.75, 3.05) is 18.0 Å². The first-order valence-corrected chi connectivity index (χ1v) is 8.01. The maximum atomic E-state index is 14.5. The zero-order valence-corrected chi connectivity index (χ0v) is 12.0. The molecule has 1 saturated heterocycles. The topological polar surface area (TPSA) is 80.5 Å². The SMILES string of the molecule is CCS(=O)(=O)C1(F)CCN(Cc2ccccc2N)C1=O. The summed E-state index contributed by atoms with van der Waals surface area (Å²) in [5, 5.41) is -2.79. The van der Waals surface area contributed by atoms with Gasteiger partial charge in [-0.15, -0.1) is 0 Å². The largest absolute Gasteiger partial charge is 0.398 e. The van der Waals surface area contributed by atoms with Gasteiger partial charge in [0, 0.05) is 25.2 Å². The molecule has 110 valence electrons. The standard InChI is InChI=1S/C13H17FN2O3S/c1-2-20(18,19)13(14)7-8-16(12(13)17)9-10-5-3-4-6-11(10)15/h3-6H,2,7-9,15H2,1H3. The van der Waals surface area contributed by atoms with Crippen LogP contribution in [0.4, 0.5) is 10.1 Å². The zero-order chi connectivity index (χ0) is 15.0. The average molecular weight is 300 g/mol. The van der Waals surface area contributed by atoms with Gasteiger partial charge >= 0.3 is 0 Å². The lowest BCUT2D eigenvalue weighted by atomic mass is 10.2. The molecule has 2 rings (SSSR count). The number of halogens is 1. The molecule has 2 N–H and O–H groups in total. The van der Waals surface area contributed by atoms with Gasteiger partial charge in [-0.05, 0) is 11.6 Å². The number of carbonyl (C=O) groups excluding carboxylic acids is 1. The third-order valence-electron chi connectivity index (χ3n) is 3.60. The molecule has 1 aromatic rings. The molecule has 1 heterocycles. The van der Waals surface area contributed by atoms with Crippen molar-refractivity contribution in [2.45, 2.75) is 24.9 Å². The monoisotopic (exact) mass is 300 g/mol. The molecule has 0 spiro atoms. The number of hydrogen-bond acceptors (Lipinski definition) is 4. The number of rotatable bonds is 4. The summed E-state index contributed by atoms with van der Waals surface area (Å²) in [6, 6.07) is 6.93. The van der Waals surface area contributed by atoms with Crippen LogP contribution in [0.5, 0.6) is 0 Å². The van der Waals surface area contributed by atoms with Crippen molar-refractivity contribution in [1.29, 1.82) is 0 Å². The number of alkyl halides is 1. The van der Waals surface area contributed by atoms with Crippen LogP contribution < -0.4 is 5.73 Å². The number of amides is 1. The predicted octanol–water partition coefficient (Wildman–Crippen LogP) is 1.10. The van der Waals surface area contributed by atoms with Crippen LogP contribution in [0.1, 0.15) is 18.9 Å². The summed E-state index contributed by atoms with van der Waals surface area (Å²) in [4.78, 5) is 13.3. The quantitative estimate of drug-likeness (QED) is 0.844. The van der Waals surface area contributed by atoms with Crippen LogP contribution >= 0.6 is 0 Å². The van der Waals surface area contributed by atoms with Gasteiger partial charge in [0.05, 0.1) is 5.75 Å². The molecule has 0 aromatic heterocycles. The first kappa shape index (κ1) is 14.8. The number of sulfone groups is 1. The molecule has 5 nitrogen and oxygen atoms in total. The first-order valence-electron chi connectivity index (χ1n) is 6.36. The molecular weight excluding hydrogens is 283 g/mol. The Labute approximate surface area is 117 Å². The van der Waals surface area contributed by atoms with Gasteiger partial charge in [0.2, 0.25) is 0 Å². The van der Waals surface area contributed by atoms with Crippen molar-refractivity contribution in [2.24, 2.45) is 0 Å². The van der Waals surface area contributed by atoms with E-state index in [1.54, 1.807) is 24.3 Å². The van der Waals surface area contributed by atoms with Gasteiger partial charge in [-0.2, -0.15) is 0 Å². The van der Waals surface area contributed by atoms with E-state index in [0.717, 1.165) is 0 Å². The third-order valence-corrected chi connectivity index (χ3v) is 5.72. The lowest BCUT2D eigenvalue weighted by Gasteiger charge is -2.20. The summed E-state index contributed by atoms with van der Waals surface area (Å²) >= 11 is 0. The molecule has 0 saturated carbocycles. The highest BCUT2D eigenvalue weighted by Crippen LogP contribution is 2.34. The second kappa shape index (κ2) is 5.05. The van der Waals surface area contributed by atoms with Crippen LogP contribution in [0, 0.1) is 0 Å². The summed E-state index contributed by atoms with van der Waals surface area (Å²) in [7, 11) is -4.07. The van der Waals surface area contributed by atoms with Gasteiger partial charge in [0.15, 0.2) is 9.84 Å². The van der Waals surface area contributed by atoms with E-state index >= 15 is 0 Å². The van der Waals surface area contributed by atoms with E-state index in [0.29, 0.717) is 11.3 Å². The first-order chi connectivity index (χ1) is 9.32. The number of nitrogen functional groups attached to an aromatic ring is 1. The van der Waals surface area contributed by atoms with E-state index in [-0.39, 0.29) is 19.5 Å². The minimum Gasteiger partial charge on any atom is -0.398 e. The fraction of sp³-hybridized carbons (Fsp3) is 0.462. The summed E-state index contributed by atoms with van der Waals surface area (Å²) in [5.41, 5.74) is 6.95. The minimum absolute atomic E-state index is 0.0723. The number of anilines is 1. The maximum Gasteiger partial charge on any atom is 0.289 e. The Balaban J connectivity index is 2.23.